The van der Waals surface area contributed by atoms with Gasteiger partial charge in [-0.25, -0.2) is 29.5 Å². The number of alkyl halides is 1. The summed E-state index contributed by atoms with van der Waals surface area (Å²) in [6, 6.07) is 17.1. The molecule has 0 unspecified atom stereocenters. The number of benzene rings is 2. The smallest absolute Gasteiger partial charge is 0.407 e. The molecule has 458 valence electrons. The fourth-order valence-corrected chi connectivity index (χ4v) is 11.6. The van der Waals surface area contributed by atoms with Gasteiger partial charge in [-0.1, -0.05) is 59.6 Å². The standard InChI is InChI=1S/C30H39ClN6O3.C18H20ClN5.C12H21NO4.CH3F.ClH/c1-30(2,3)40-29(39)36-19-13-11-18(12-14-19)27(38)34-20-7-6-8-21(15-20)35-28-33-17-24(31)26(37-28)23-16-32-25-10-5-4-9-22(23)25;19-15-10-22-18(23-12-5-3-4-11(20)8-12)24-17(15)14-9-21-16-7-2-1-6-13(14)16;1-12(2,3)17-11(16)13-9-6-4-8(5-7-9)10(14)15;1-2;/h4-5,9-10,16-21,32H,6-8,11-15H2,1-3H3,(H,34,38)(H,36,39)(H,33,35,37);1-2,6-7,9-12,21H,3-5,8,20H2,(H,22,23,24);8-9H,4-7H2,1-3H3,(H,13,16)(H,14,15);1H3;1H/t18?,19?,20-,21+;11-,12+;;;/m00.../s1/i;;;1D;. The van der Waals surface area contributed by atoms with E-state index in [2.05, 4.69) is 57.6 Å². The van der Waals surface area contributed by atoms with Crippen molar-refractivity contribution in [2.24, 2.45) is 17.6 Å². The fourth-order valence-electron chi connectivity index (χ4n) is 11.2. The lowest BCUT2D eigenvalue weighted by Crippen LogP contribution is -2.46. The molecule has 4 heterocycles. The summed E-state index contributed by atoms with van der Waals surface area (Å²) in [5.74, 6) is 0.248. The lowest BCUT2D eigenvalue weighted by Gasteiger charge is -2.33. The first-order valence-corrected chi connectivity index (χ1v) is 29.6. The van der Waals surface area contributed by atoms with Crippen molar-refractivity contribution in [3.63, 3.8) is 0 Å². The number of hydrogen-bond acceptors (Lipinski definition) is 13. The molecular formula is C61H84Cl3FN12O7. The highest BCUT2D eigenvalue weighted by atomic mass is 35.5. The number of rotatable bonds is 11. The number of hydrogen-bond donors (Lipinski definition) is 9. The molecule has 4 aromatic heterocycles. The number of anilines is 2. The molecule has 0 radical (unpaired) electrons. The number of carbonyl (C=O) groups is 4. The monoisotopic (exact) mass is 1220 g/mol. The average Bonchev–Trinajstić information content (AvgIpc) is 2.64. The number of ether oxygens (including phenoxy) is 2. The number of aromatic nitrogens is 6. The maximum absolute atomic E-state index is 13.1. The first kappa shape index (κ1) is 65.1. The van der Waals surface area contributed by atoms with Crippen LogP contribution in [0.5, 0.6) is 0 Å². The number of halogens is 4. The molecule has 0 bridgehead atoms. The summed E-state index contributed by atoms with van der Waals surface area (Å²) in [5.41, 5.74) is 10.5. The molecule has 4 aliphatic rings. The van der Waals surface area contributed by atoms with E-state index in [4.69, 9.17) is 49.9 Å². The van der Waals surface area contributed by atoms with E-state index in [1.165, 1.54) is 0 Å². The summed E-state index contributed by atoms with van der Waals surface area (Å²) < 4.78 is 26.0. The van der Waals surface area contributed by atoms with Crippen LogP contribution in [0.25, 0.3) is 44.3 Å². The largest absolute Gasteiger partial charge is 0.481 e. The highest BCUT2D eigenvalue weighted by Gasteiger charge is 2.32. The van der Waals surface area contributed by atoms with Crippen LogP contribution in [0.3, 0.4) is 0 Å². The summed E-state index contributed by atoms with van der Waals surface area (Å²) in [6.45, 7) is 11.0. The average molecular weight is 1220 g/mol. The van der Waals surface area contributed by atoms with E-state index in [9.17, 15) is 23.6 Å². The normalized spacial score (nSPS) is 22.5. The summed E-state index contributed by atoms with van der Waals surface area (Å²) in [5, 5.41) is 28.0. The zero-order valence-electron chi connectivity index (χ0n) is 49.9. The first-order valence-electron chi connectivity index (χ1n) is 29.6. The molecule has 4 aliphatic carbocycles. The van der Waals surface area contributed by atoms with Crippen LogP contribution >= 0.6 is 35.6 Å². The Labute approximate surface area is 509 Å². The van der Waals surface area contributed by atoms with E-state index >= 15 is 0 Å². The Kier molecular flexibility index (Phi) is 24.1. The molecule has 84 heavy (non-hydrogen) atoms. The van der Waals surface area contributed by atoms with E-state index in [1.807, 2.05) is 96.4 Å². The van der Waals surface area contributed by atoms with Gasteiger partial charge in [0.1, 0.15) is 11.2 Å². The Morgan fingerprint density at radius 1 is 0.619 bits per heavy atom. The maximum Gasteiger partial charge on any atom is 0.407 e. The molecule has 10 N–H and O–H groups in total. The van der Waals surface area contributed by atoms with Crippen LogP contribution in [0.2, 0.25) is 10.0 Å². The first-order chi connectivity index (χ1) is 40.0. The highest BCUT2D eigenvalue weighted by molar-refractivity contribution is 6.33. The van der Waals surface area contributed by atoms with Gasteiger partial charge in [-0.3, -0.25) is 14.0 Å². The SMILES string of the molecule is CC(C)(C)OC(=O)NC1CCC(C(=O)N[C@H]2CCC[C@@H](Nc3ncc(Cl)c(-c4c[nH]c5ccccc45)n3)C2)CC1.CC(C)(C)OC(=O)NC1CCC(C(=O)O)CC1.Cl.N[C@H]1CCC[C@@H](Nc2ncc(Cl)c(-c3c[nH]c4ccccc34)n2)C1.[2H]CF. The predicted octanol–water partition coefficient (Wildman–Crippen LogP) is 13.3. The maximum atomic E-state index is 13.1. The molecule has 0 saturated heterocycles. The minimum atomic E-state index is -1.00. The number of carboxylic acid groups (broad SMARTS) is 1. The van der Waals surface area contributed by atoms with Crippen molar-refractivity contribution in [3.8, 4) is 22.5 Å². The number of carboxylic acids is 1. The van der Waals surface area contributed by atoms with E-state index < -0.39 is 30.4 Å². The van der Waals surface area contributed by atoms with Crippen molar-refractivity contribution in [1.29, 1.82) is 0 Å². The van der Waals surface area contributed by atoms with Gasteiger partial charge < -0.3 is 56.9 Å². The molecule has 19 nitrogen and oxygen atoms in total. The Hall–Kier alpha value is -6.48. The second kappa shape index (κ2) is 31.1. The van der Waals surface area contributed by atoms with Gasteiger partial charge in [0.15, 0.2) is 0 Å². The van der Waals surface area contributed by atoms with Gasteiger partial charge in [0, 0.05) is 87.5 Å². The van der Waals surface area contributed by atoms with Gasteiger partial charge in [-0.15, -0.1) is 12.4 Å². The quantitative estimate of drug-likeness (QED) is 0.0584. The van der Waals surface area contributed by atoms with E-state index in [1.54, 1.807) is 12.4 Å². The Morgan fingerprint density at radius 3 is 1.48 bits per heavy atom. The number of para-hydroxylation sites is 2. The lowest BCUT2D eigenvalue weighted by molar-refractivity contribution is -0.142. The van der Waals surface area contributed by atoms with Crippen molar-refractivity contribution in [1.82, 2.24) is 45.9 Å². The number of aliphatic carboxylic acids is 1. The highest BCUT2D eigenvalue weighted by Crippen LogP contribution is 2.35. The van der Waals surface area contributed by atoms with Crippen LogP contribution in [0.15, 0.2) is 73.3 Å². The Morgan fingerprint density at radius 2 is 1.04 bits per heavy atom. The minimum Gasteiger partial charge on any atom is -0.481 e. The Bertz CT molecular complexity index is 3130. The summed E-state index contributed by atoms with van der Waals surface area (Å²) in [6.07, 6.45) is 20.2. The predicted molar refractivity (Wildman–Crippen MR) is 332 cm³/mol. The van der Waals surface area contributed by atoms with Gasteiger partial charge in [-0.2, -0.15) is 0 Å². The lowest BCUT2D eigenvalue weighted by atomic mass is 9.84. The zero-order chi connectivity index (χ0) is 60.6. The van der Waals surface area contributed by atoms with E-state index in [0.29, 0.717) is 59.4 Å². The van der Waals surface area contributed by atoms with Gasteiger partial charge in [0.25, 0.3) is 0 Å². The minimum absolute atomic E-state index is 0. The third kappa shape index (κ3) is 19.8. The summed E-state index contributed by atoms with van der Waals surface area (Å²) >= 11 is 12.9. The molecule has 4 saturated carbocycles. The third-order valence-corrected chi connectivity index (χ3v) is 15.7. The number of aromatic amines is 2. The molecule has 4 fully saturated rings. The van der Waals surface area contributed by atoms with Gasteiger partial charge >= 0.3 is 18.2 Å². The number of amides is 3. The molecule has 0 aliphatic heterocycles. The van der Waals surface area contributed by atoms with Crippen LogP contribution in [0.4, 0.5) is 25.9 Å². The molecule has 3 amide bonds. The number of nitrogens with two attached hydrogens (primary N) is 1. The van der Waals surface area contributed by atoms with Crippen LogP contribution in [-0.4, -0.2) is 114 Å². The van der Waals surface area contributed by atoms with Crippen molar-refractivity contribution in [2.75, 3.05) is 17.8 Å². The van der Waals surface area contributed by atoms with Crippen molar-refractivity contribution < 1.29 is 39.5 Å². The molecule has 23 heteroatoms. The van der Waals surface area contributed by atoms with E-state index in [0.717, 1.165) is 116 Å². The molecule has 6 aromatic rings. The van der Waals surface area contributed by atoms with Crippen LogP contribution in [0, 0.1) is 11.8 Å². The number of nitrogens with zero attached hydrogens (tertiary/aromatic N) is 4. The van der Waals surface area contributed by atoms with Crippen LogP contribution in [-0.2, 0) is 19.1 Å². The number of fused-ring (bicyclic) bond motifs is 2. The van der Waals surface area contributed by atoms with Crippen molar-refractivity contribution in [3.05, 3.63) is 83.4 Å². The molecular weight excluding hydrogens is 1140 g/mol. The molecule has 0 spiro atoms. The van der Waals surface area contributed by atoms with Crippen LogP contribution in [0.1, 0.15) is 146 Å². The fraction of sp³-hybridized carbons (Fsp3) is 0.541. The second-order valence-electron chi connectivity index (χ2n) is 24.0. The molecule has 4 atom stereocenters. The summed E-state index contributed by atoms with van der Waals surface area (Å²) in [7, 11) is -1.00. The zero-order valence-corrected chi connectivity index (χ0v) is 51.2. The number of carbonyl (C=O) groups excluding carboxylic acids is 3. The topological polar surface area (TPSA) is 276 Å². The van der Waals surface area contributed by atoms with Gasteiger partial charge in [-0.05, 0) is 156 Å². The van der Waals surface area contributed by atoms with E-state index in [-0.39, 0.29) is 66.5 Å². The van der Waals surface area contributed by atoms with Gasteiger partial charge in [0.2, 0.25) is 17.8 Å². The van der Waals surface area contributed by atoms with Crippen LogP contribution < -0.4 is 32.3 Å². The van der Waals surface area contributed by atoms with Crippen molar-refractivity contribution >= 4 is 93.4 Å². The third-order valence-electron chi connectivity index (χ3n) is 15.2. The summed E-state index contributed by atoms with van der Waals surface area (Å²) in [4.78, 5) is 72.2. The molecule has 2 aromatic carbocycles. The molecule has 10 rings (SSSR count). The Balaban J connectivity index is 0.000000218. The van der Waals surface area contributed by atoms with Crippen molar-refractivity contribution in [2.45, 2.75) is 192 Å². The number of H-pyrrole nitrogens is 2. The van der Waals surface area contributed by atoms with Gasteiger partial charge in [0.05, 0.1) is 48.3 Å². The number of alkyl carbamates (subject to hydrolysis) is 2. The number of nitrogens with one attached hydrogen (secondary N) is 7. The second-order valence-corrected chi connectivity index (χ2v) is 24.8.